The highest BCUT2D eigenvalue weighted by Gasteiger charge is 2.15. The van der Waals surface area contributed by atoms with E-state index in [9.17, 15) is 0 Å². The van der Waals surface area contributed by atoms with E-state index in [0.29, 0.717) is 23.9 Å². The van der Waals surface area contributed by atoms with Crippen molar-refractivity contribution in [2.24, 2.45) is 0 Å². The van der Waals surface area contributed by atoms with Crippen LogP contribution in [0.15, 0.2) is 18.2 Å². The summed E-state index contributed by atoms with van der Waals surface area (Å²) >= 11 is 5.82. The molecule has 1 aliphatic heterocycles. The van der Waals surface area contributed by atoms with Gasteiger partial charge in [0.25, 0.3) is 0 Å². The van der Waals surface area contributed by atoms with Gasteiger partial charge in [0, 0.05) is 6.61 Å². The molecule has 3 nitrogen and oxygen atoms in total. The zero-order valence-corrected chi connectivity index (χ0v) is 9.17. The molecule has 0 bridgehead atoms. The van der Waals surface area contributed by atoms with Crippen LogP contribution in [0.1, 0.15) is 12.0 Å². The average molecular weight is 228 g/mol. The zero-order chi connectivity index (χ0) is 10.7. The van der Waals surface area contributed by atoms with Gasteiger partial charge < -0.3 is 15.2 Å². The van der Waals surface area contributed by atoms with Crippen molar-refractivity contribution in [3.8, 4) is 0 Å². The Bertz CT molecular complexity index is 337. The lowest BCUT2D eigenvalue weighted by Gasteiger charge is -2.10. The fourth-order valence-electron chi connectivity index (χ4n) is 1.54. The molecule has 1 unspecified atom stereocenters. The van der Waals surface area contributed by atoms with Gasteiger partial charge in [0.05, 0.1) is 30.0 Å². The Balaban J connectivity index is 1.90. The summed E-state index contributed by atoms with van der Waals surface area (Å²) in [7, 11) is 0. The lowest BCUT2D eigenvalue weighted by molar-refractivity contribution is 0.0318. The minimum atomic E-state index is 0.224. The minimum absolute atomic E-state index is 0.224. The van der Waals surface area contributed by atoms with Crippen molar-refractivity contribution in [3.05, 3.63) is 28.8 Å². The minimum Gasteiger partial charge on any atom is -0.398 e. The summed E-state index contributed by atoms with van der Waals surface area (Å²) in [5, 5.41) is 0.586. The quantitative estimate of drug-likeness (QED) is 0.806. The molecule has 15 heavy (non-hydrogen) atoms. The molecule has 0 saturated carbocycles. The largest absolute Gasteiger partial charge is 0.398 e. The molecule has 2 N–H and O–H groups in total. The number of hydrogen-bond donors (Lipinski definition) is 1. The molecule has 0 aliphatic carbocycles. The van der Waals surface area contributed by atoms with Crippen molar-refractivity contribution in [1.82, 2.24) is 0 Å². The molecule has 2 rings (SSSR count). The Morgan fingerprint density at radius 1 is 1.53 bits per heavy atom. The maximum Gasteiger partial charge on any atom is 0.0834 e. The van der Waals surface area contributed by atoms with E-state index in [4.69, 9.17) is 26.8 Å². The Morgan fingerprint density at radius 2 is 2.40 bits per heavy atom. The van der Waals surface area contributed by atoms with Crippen LogP contribution in [0.4, 0.5) is 5.69 Å². The van der Waals surface area contributed by atoms with Gasteiger partial charge in [0.1, 0.15) is 0 Å². The van der Waals surface area contributed by atoms with E-state index >= 15 is 0 Å². The Kier molecular flexibility index (Phi) is 3.46. The average Bonchev–Trinajstić information content (AvgIpc) is 2.73. The third-order valence-corrected chi connectivity index (χ3v) is 2.78. The monoisotopic (exact) mass is 227 g/mol. The molecule has 1 aliphatic rings. The van der Waals surface area contributed by atoms with E-state index in [-0.39, 0.29) is 6.10 Å². The number of hydrogen-bond acceptors (Lipinski definition) is 3. The highest BCUT2D eigenvalue weighted by molar-refractivity contribution is 6.33. The number of rotatable bonds is 3. The maximum atomic E-state index is 5.82. The van der Waals surface area contributed by atoms with Crippen LogP contribution < -0.4 is 5.73 Å². The van der Waals surface area contributed by atoms with Gasteiger partial charge in [-0.25, -0.2) is 0 Å². The predicted octanol–water partition coefficient (Wildman–Crippen LogP) is 2.23. The van der Waals surface area contributed by atoms with Gasteiger partial charge in [-0.15, -0.1) is 0 Å². The summed E-state index contributed by atoms with van der Waals surface area (Å²) in [6.07, 6.45) is 1.20. The van der Waals surface area contributed by atoms with Crippen LogP contribution in [0.25, 0.3) is 0 Å². The van der Waals surface area contributed by atoms with E-state index in [1.165, 1.54) is 0 Å². The lowest BCUT2D eigenvalue weighted by atomic mass is 10.2. The van der Waals surface area contributed by atoms with Gasteiger partial charge in [0.2, 0.25) is 0 Å². The van der Waals surface area contributed by atoms with Crippen LogP contribution in [0.5, 0.6) is 0 Å². The first-order chi connectivity index (χ1) is 7.25. The summed E-state index contributed by atoms with van der Waals surface area (Å²) in [4.78, 5) is 0. The molecule has 0 amide bonds. The standard InChI is InChI=1S/C11H14ClNO2/c12-10-2-1-8(5-11(10)13)6-15-9-3-4-14-7-9/h1-2,5,9H,3-4,6-7,13H2. The van der Waals surface area contributed by atoms with E-state index in [1.807, 2.05) is 12.1 Å². The fraction of sp³-hybridized carbons (Fsp3) is 0.455. The van der Waals surface area contributed by atoms with Crippen molar-refractivity contribution in [1.29, 1.82) is 0 Å². The zero-order valence-electron chi connectivity index (χ0n) is 8.41. The van der Waals surface area contributed by atoms with Gasteiger partial charge in [-0.05, 0) is 24.1 Å². The highest BCUT2D eigenvalue weighted by Crippen LogP contribution is 2.20. The summed E-state index contributed by atoms with van der Waals surface area (Å²) in [5.41, 5.74) is 7.33. The van der Waals surface area contributed by atoms with E-state index in [0.717, 1.165) is 18.6 Å². The van der Waals surface area contributed by atoms with Crippen molar-refractivity contribution in [2.75, 3.05) is 18.9 Å². The SMILES string of the molecule is Nc1cc(COC2CCOC2)ccc1Cl. The Hall–Kier alpha value is -0.770. The van der Waals surface area contributed by atoms with Gasteiger partial charge in [0.15, 0.2) is 0 Å². The summed E-state index contributed by atoms with van der Waals surface area (Å²) < 4.78 is 10.9. The smallest absolute Gasteiger partial charge is 0.0834 e. The fourth-order valence-corrected chi connectivity index (χ4v) is 1.66. The molecule has 0 spiro atoms. The maximum absolute atomic E-state index is 5.82. The second-order valence-electron chi connectivity index (χ2n) is 3.65. The van der Waals surface area contributed by atoms with E-state index < -0.39 is 0 Å². The predicted molar refractivity (Wildman–Crippen MR) is 59.9 cm³/mol. The van der Waals surface area contributed by atoms with Gasteiger partial charge in [-0.2, -0.15) is 0 Å². The Morgan fingerprint density at radius 3 is 3.07 bits per heavy atom. The molecule has 1 fully saturated rings. The van der Waals surface area contributed by atoms with E-state index in [1.54, 1.807) is 6.07 Å². The first-order valence-corrected chi connectivity index (χ1v) is 5.37. The second-order valence-corrected chi connectivity index (χ2v) is 4.06. The summed E-state index contributed by atoms with van der Waals surface area (Å²) in [6, 6.07) is 5.56. The van der Waals surface area contributed by atoms with Gasteiger partial charge >= 0.3 is 0 Å². The molecule has 82 valence electrons. The molecule has 1 atom stereocenters. The molecule has 1 aromatic rings. The summed E-state index contributed by atoms with van der Waals surface area (Å²) in [5.74, 6) is 0. The number of anilines is 1. The lowest BCUT2D eigenvalue weighted by Crippen LogP contribution is -2.11. The first-order valence-electron chi connectivity index (χ1n) is 4.99. The number of benzene rings is 1. The third kappa shape index (κ3) is 2.84. The van der Waals surface area contributed by atoms with Crippen LogP contribution in [-0.2, 0) is 16.1 Å². The molecule has 1 saturated heterocycles. The topological polar surface area (TPSA) is 44.5 Å². The van der Waals surface area contributed by atoms with Gasteiger partial charge in [-0.3, -0.25) is 0 Å². The number of nitrogen functional groups attached to an aromatic ring is 1. The van der Waals surface area contributed by atoms with Crippen molar-refractivity contribution in [3.63, 3.8) is 0 Å². The highest BCUT2D eigenvalue weighted by atomic mass is 35.5. The first kappa shape index (κ1) is 10.7. The van der Waals surface area contributed by atoms with Crippen LogP contribution in [0.2, 0.25) is 5.02 Å². The van der Waals surface area contributed by atoms with Crippen molar-refractivity contribution in [2.45, 2.75) is 19.1 Å². The van der Waals surface area contributed by atoms with Crippen LogP contribution in [0, 0.1) is 0 Å². The van der Waals surface area contributed by atoms with Crippen LogP contribution in [0.3, 0.4) is 0 Å². The molecule has 4 heteroatoms. The van der Waals surface area contributed by atoms with Crippen LogP contribution >= 0.6 is 11.6 Å². The number of nitrogens with two attached hydrogens (primary N) is 1. The number of halogens is 1. The van der Waals surface area contributed by atoms with Crippen LogP contribution in [-0.4, -0.2) is 19.3 Å². The number of ether oxygens (including phenoxy) is 2. The molecule has 0 radical (unpaired) electrons. The second kappa shape index (κ2) is 4.84. The molecular weight excluding hydrogens is 214 g/mol. The Labute approximate surface area is 94.1 Å². The molecular formula is C11H14ClNO2. The van der Waals surface area contributed by atoms with E-state index in [2.05, 4.69) is 0 Å². The molecule has 1 aromatic carbocycles. The normalized spacial score (nSPS) is 20.7. The molecule has 0 aromatic heterocycles. The van der Waals surface area contributed by atoms with Gasteiger partial charge in [-0.1, -0.05) is 17.7 Å². The third-order valence-electron chi connectivity index (χ3n) is 2.43. The van der Waals surface area contributed by atoms with Crippen molar-refractivity contribution < 1.29 is 9.47 Å². The summed E-state index contributed by atoms with van der Waals surface area (Å²) in [6.45, 7) is 2.06. The van der Waals surface area contributed by atoms with Crippen molar-refractivity contribution >= 4 is 17.3 Å². The molecule has 1 heterocycles.